The van der Waals surface area contributed by atoms with Crippen LogP contribution in [-0.2, 0) is 10.2 Å². The fourth-order valence-corrected chi connectivity index (χ4v) is 2.03. The van der Waals surface area contributed by atoms with E-state index in [1.165, 1.54) is 11.3 Å². The number of rotatable bonds is 5. The zero-order valence-corrected chi connectivity index (χ0v) is 11.7. The van der Waals surface area contributed by atoms with Crippen LogP contribution in [0.2, 0.25) is 0 Å². The Labute approximate surface area is 109 Å². The van der Waals surface area contributed by atoms with Crippen LogP contribution in [0.1, 0.15) is 39.2 Å². The molecule has 0 saturated carbocycles. The third-order valence-corrected chi connectivity index (χ3v) is 3.01. The molecule has 3 nitrogen and oxygen atoms in total. The molecule has 100 valence electrons. The Kier molecular flexibility index (Phi) is 4.76. The van der Waals surface area contributed by atoms with Crippen molar-refractivity contribution in [2.45, 2.75) is 39.0 Å². The van der Waals surface area contributed by atoms with E-state index in [1.54, 1.807) is 0 Å². The van der Waals surface area contributed by atoms with E-state index in [0.717, 1.165) is 6.54 Å². The van der Waals surface area contributed by atoms with Crippen molar-refractivity contribution >= 4 is 11.7 Å². The Hall–Kier alpha value is -1.51. The van der Waals surface area contributed by atoms with Crippen molar-refractivity contribution in [3.8, 4) is 0 Å². The van der Waals surface area contributed by atoms with E-state index < -0.39 is 5.97 Å². The second-order valence-electron chi connectivity index (χ2n) is 5.69. The van der Waals surface area contributed by atoms with Crippen LogP contribution >= 0.6 is 0 Å². The van der Waals surface area contributed by atoms with Gasteiger partial charge in [0.2, 0.25) is 0 Å². The van der Waals surface area contributed by atoms with E-state index in [4.69, 9.17) is 5.11 Å². The highest BCUT2D eigenvalue weighted by atomic mass is 16.4. The van der Waals surface area contributed by atoms with Crippen molar-refractivity contribution in [2.24, 2.45) is 0 Å². The van der Waals surface area contributed by atoms with E-state index in [2.05, 4.69) is 43.9 Å². The number of nitrogens with zero attached hydrogens (tertiary/aromatic N) is 1. The summed E-state index contributed by atoms with van der Waals surface area (Å²) in [5.41, 5.74) is 2.58. The predicted octanol–water partition coefficient (Wildman–Crippen LogP) is 3.29. The minimum Gasteiger partial charge on any atom is -0.481 e. The molecule has 0 aromatic heterocycles. The summed E-state index contributed by atoms with van der Waals surface area (Å²) < 4.78 is 0. The van der Waals surface area contributed by atoms with Crippen LogP contribution in [0.25, 0.3) is 0 Å². The zero-order chi connectivity index (χ0) is 13.8. The lowest BCUT2D eigenvalue weighted by Crippen LogP contribution is -2.24. The molecule has 0 aliphatic heterocycles. The Morgan fingerprint density at radius 1 is 1.28 bits per heavy atom. The maximum Gasteiger partial charge on any atom is 0.303 e. The van der Waals surface area contributed by atoms with Gasteiger partial charge in [-0.2, -0.15) is 0 Å². The molecule has 0 atom stereocenters. The summed E-state index contributed by atoms with van der Waals surface area (Å²) in [7, 11) is 2.02. The highest BCUT2D eigenvalue weighted by Crippen LogP contribution is 2.31. The maximum absolute atomic E-state index is 10.5. The summed E-state index contributed by atoms with van der Waals surface area (Å²) in [5, 5.41) is 8.66. The summed E-state index contributed by atoms with van der Waals surface area (Å²) in [6, 6.07) is 8.32. The van der Waals surface area contributed by atoms with Crippen LogP contribution in [0.5, 0.6) is 0 Å². The fraction of sp³-hybridized carbons (Fsp3) is 0.533. The highest BCUT2D eigenvalue weighted by molar-refractivity contribution is 5.66. The smallest absolute Gasteiger partial charge is 0.303 e. The number of carbonyl (C=O) groups is 1. The zero-order valence-electron chi connectivity index (χ0n) is 11.7. The lowest BCUT2D eigenvalue weighted by molar-refractivity contribution is -0.137. The number of carboxylic acid groups (broad SMARTS) is 1. The number of benzene rings is 1. The van der Waals surface area contributed by atoms with Gasteiger partial charge in [-0.1, -0.05) is 39.0 Å². The number of aliphatic carboxylic acids is 1. The van der Waals surface area contributed by atoms with Crippen LogP contribution < -0.4 is 4.90 Å². The molecule has 0 fully saturated rings. The van der Waals surface area contributed by atoms with Gasteiger partial charge in [-0.05, 0) is 23.5 Å². The van der Waals surface area contributed by atoms with Gasteiger partial charge in [0, 0.05) is 25.7 Å². The lowest BCUT2D eigenvalue weighted by atomic mass is 9.85. The molecule has 0 saturated heterocycles. The van der Waals surface area contributed by atoms with Crippen LogP contribution in [0.15, 0.2) is 24.3 Å². The SMILES string of the molecule is CN(CCCC(=O)O)c1ccccc1C(C)(C)C. The first kappa shape index (κ1) is 14.6. The van der Waals surface area contributed by atoms with Gasteiger partial charge in [-0.3, -0.25) is 4.79 Å². The molecule has 0 aliphatic rings. The molecular formula is C15H23NO2. The van der Waals surface area contributed by atoms with Crippen LogP contribution in [-0.4, -0.2) is 24.7 Å². The molecular weight excluding hydrogens is 226 g/mol. The van der Waals surface area contributed by atoms with Gasteiger partial charge in [0.15, 0.2) is 0 Å². The topological polar surface area (TPSA) is 40.5 Å². The van der Waals surface area contributed by atoms with E-state index in [1.807, 2.05) is 13.1 Å². The number of para-hydroxylation sites is 1. The first-order chi connectivity index (χ1) is 8.32. The van der Waals surface area contributed by atoms with Gasteiger partial charge in [0.25, 0.3) is 0 Å². The summed E-state index contributed by atoms with van der Waals surface area (Å²) in [6.07, 6.45) is 0.895. The van der Waals surface area contributed by atoms with E-state index in [-0.39, 0.29) is 11.8 Å². The molecule has 0 spiro atoms. The molecule has 18 heavy (non-hydrogen) atoms. The maximum atomic E-state index is 10.5. The molecule has 0 bridgehead atoms. The summed E-state index contributed by atoms with van der Waals surface area (Å²) in [6.45, 7) is 7.34. The number of hydrogen-bond acceptors (Lipinski definition) is 2. The predicted molar refractivity (Wildman–Crippen MR) is 75.3 cm³/mol. The first-order valence-corrected chi connectivity index (χ1v) is 6.35. The van der Waals surface area contributed by atoms with Crippen molar-refractivity contribution in [3.63, 3.8) is 0 Å². The molecule has 0 aliphatic carbocycles. The third kappa shape index (κ3) is 4.06. The van der Waals surface area contributed by atoms with Gasteiger partial charge in [-0.15, -0.1) is 0 Å². The molecule has 0 amide bonds. The minimum atomic E-state index is -0.729. The highest BCUT2D eigenvalue weighted by Gasteiger charge is 2.19. The molecule has 1 aromatic carbocycles. The van der Waals surface area contributed by atoms with E-state index in [9.17, 15) is 4.79 Å². The second kappa shape index (κ2) is 5.89. The molecule has 0 heterocycles. The van der Waals surface area contributed by atoms with Gasteiger partial charge < -0.3 is 10.0 Å². The van der Waals surface area contributed by atoms with E-state index >= 15 is 0 Å². The molecule has 1 N–H and O–H groups in total. The Bertz CT molecular complexity index is 407. The van der Waals surface area contributed by atoms with Gasteiger partial charge in [-0.25, -0.2) is 0 Å². The summed E-state index contributed by atoms with van der Waals surface area (Å²) in [5.74, 6) is -0.729. The van der Waals surface area contributed by atoms with Gasteiger partial charge in [0.05, 0.1) is 0 Å². The average molecular weight is 249 g/mol. The Morgan fingerprint density at radius 2 is 1.89 bits per heavy atom. The van der Waals surface area contributed by atoms with E-state index in [0.29, 0.717) is 6.42 Å². The van der Waals surface area contributed by atoms with Crippen LogP contribution in [0.3, 0.4) is 0 Å². The first-order valence-electron chi connectivity index (χ1n) is 6.35. The van der Waals surface area contributed by atoms with Gasteiger partial charge >= 0.3 is 5.97 Å². The van der Waals surface area contributed by atoms with Crippen molar-refractivity contribution in [3.05, 3.63) is 29.8 Å². The Balaban J connectivity index is 2.79. The van der Waals surface area contributed by atoms with Crippen molar-refractivity contribution in [2.75, 3.05) is 18.5 Å². The second-order valence-corrected chi connectivity index (χ2v) is 5.69. The largest absolute Gasteiger partial charge is 0.481 e. The quantitative estimate of drug-likeness (QED) is 0.870. The van der Waals surface area contributed by atoms with Crippen molar-refractivity contribution < 1.29 is 9.90 Å². The lowest BCUT2D eigenvalue weighted by Gasteiger charge is -2.28. The monoisotopic (exact) mass is 249 g/mol. The molecule has 3 heteroatoms. The number of anilines is 1. The van der Waals surface area contributed by atoms with Crippen LogP contribution in [0.4, 0.5) is 5.69 Å². The minimum absolute atomic E-state index is 0.0949. The summed E-state index contributed by atoms with van der Waals surface area (Å²) >= 11 is 0. The van der Waals surface area contributed by atoms with Crippen molar-refractivity contribution in [1.29, 1.82) is 0 Å². The molecule has 1 rings (SSSR count). The average Bonchev–Trinajstić information content (AvgIpc) is 2.27. The standard InChI is InChI=1S/C15H23NO2/c1-15(2,3)12-8-5-6-9-13(12)16(4)11-7-10-14(17)18/h5-6,8-9H,7,10-11H2,1-4H3,(H,17,18). The third-order valence-electron chi connectivity index (χ3n) is 3.01. The molecule has 1 aromatic rings. The normalized spacial score (nSPS) is 11.3. The molecule has 0 unspecified atom stereocenters. The van der Waals surface area contributed by atoms with Crippen LogP contribution in [0, 0.1) is 0 Å². The fourth-order valence-electron chi connectivity index (χ4n) is 2.03. The summed E-state index contributed by atoms with van der Waals surface area (Å²) in [4.78, 5) is 12.7. The van der Waals surface area contributed by atoms with Gasteiger partial charge in [0.1, 0.15) is 0 Å². The number of carboxylic acids is 1. The Morgan fingerprint density at radius 3 is 2.44 bits per heavy atom. The number of hydrogen-bond donors (Lipinski definition) is 1. The molecule has 0 radical (unpaired) electrons. The van der Waals surface area contributed by atoms with Crippen molar-refractivity contribution in [1.82, 2.24) is 0 Å².